The van der Waals surface area contributed by atoms with E-state index in [4.69, 9.17) is 0 Å². The molecule has 2 nitrogen and oxygen atoms in total. The number of hydrogen-bond acceptors (Lipinski definition) is 2. The number of aryl methyl sites for hydroxylation is 1. The fourth-order valence-corrected chi connectivity index (χ4v) is 2.21. The molecule has 1 fully saturated rings. The highest BCUT2D eigenvalue weighted by Crippen LogP contribution is 2.27. The van der Waals surface area contributed by atoms with Gasteiger partial charge in [0.05, 0.1) is 4.47 Å². The van der Waals surface area contributed by atoms with Crippen molar-refractivity contribution in [3.63, 3.8) is 0 Å². The van der Waals surface area contributed by atoms with Gasteiger partial charge >= 0.3 is 0 Å². The van der Waals surface area contributed by atoms with Crippen LogP contribution in [0, 0.1) is 12.7 Å². The summed E-state index contributed by atoms with van der Waals surface area (Å²) in [7, 11) is 0. The number of nitrogens with zero attached hydrogens (tertiary/aromatic N) is 1. The molecule has 1 N–H and O–H groups in total. The van der Waals surface area contributed by atoms with Gasteiger partial charge in [-0.2, -0.15) is 0 Å². The summed E-state index contributed by atoms with van der Waals surface area (Å²) in [5.41, 5.74) is 2.13. The van der Waals surface area contributed by atoms with Crippen molar-refractivity contribution in [1.29, 1.82) is 0 Å². The maximum Gasteiger partial charge on any atom is 0.137 e. The average molecular weight is 273 g/mol. The second-order valence-corrected chi connectivity index (χ2v) is 4.64. The molecule has 0 amide bonds. The molecule has 1 aromatic rings. The van der Waals surface area contributed by atoms with E-state index >= 15 is 0 Å². The van der Waals surface area contributed by atoms with Gasteiger partial charge in [0.15, 0.2) is 0 Å². The topological polar surface area (TPSA) is 15.3 Å². The number of hydrogen-bond donors (Lipinski definition) is 1. The molecule has 4 heteroatoms. The van der Waals surface area contributed by atoms with E-state index in [1.165, 1.54) is 0 Å². The number of nitrogens with one attached hydrogen (secondary N) is 1. The van der Waals surface area contributed by atoms with Crippen LogP contribution >= 0.6 is 15.9 Å². The predicted molar refractivity (Wildman–Crippen MR) is 63.9 cm³/mol. The van der Waals surface area contributed by atoms with E-state index < -0.39 is 0 Å². The Labute approximate surface area is 97.6 Å². The minimum atomic E-state index is -0.189. The van der Waals surface area contributed by atoms with Gasteiger partial charge < -0.3 is 10.2 Å². The van der Waals surface area contributed by atoms with E-state index in [-0.39, 0.29) is 5.82 Å². The molecule has 0 aliphatic carbocycles. The van der Waals surface area contributed by atoms with Crippen molar-refractivity contribution in [2.75, 3.05) is 31.1 Å². The first-order valence-corrected chi connectivity index (χ1v) is 5.89. The standard InChI is InChI=1S/C11H14BrFN2/c1-8-6-10(13)9(12)7-11(8)15-4-2-14-3-5-15/h6-7,14H,2-5H2,1H3. The fourth-order valence-electron chi connectivity index (χ4n) is 1.88. The van der Waals surface area contributed by atoms with Crippen LogP contribution in [0.4, 0.5) is 10.1 Å². The SMILES string of the molecule is Cc1cc(F)c(Br)cc1N1CCNCC1. The molecule has 2 rings (SSSR count). The highest BCUT2D eigenvalue weighted by atomic mass is 79.9. The molecule has 1 heterocycles. The molecule has 0 saturated carbocycles. The second-order valence-electron chi connectivity index (χ2n) is 3.79. The number of rotatable bonds is 1. The minimum Gasteiger partial charge on any atom is -0.369 e. The van der Waals surface area contributed by atoms with Crippen LogP contribution in [-0.4, -0.2) is 26.2 Å². The predicted octanol–water partition coefficient (Wildman–Crippen LogP) is 2.31. The lowest BCUT2D eigenvalue weighted by Gasteiger charge is -2.30. The molecule has 1 aromatic carbocycles. The van der Waals surface area contributed by atoms with Gasteiger partial charge in [-0.3, -0.25) is 0 Å². The van der Waals surface area contributed by atoms with Gasteiger partial charge in [-0.15, -0.1) is 0 Å². The number of halogens is 2. The number of anilines is 1. The van der Waals surface area contributed by atoms with Crippen LogP contribution in [0.1, 0.15) is 5.56 Å². The van der Waals surface area contributed by atoms with Crippen molar-refractivity contribution < 1.29 is 4.39 Å². The van der Waals surface area contributed by atoms with Gasteiger partial charge in [-0.1, -0.05) is 0 Å². The van der Waals surface area contributed by atoms with Crippen LogP contribution in [0.5, 0.6) is 0 Å². The van der Waals surface area contributed by atoms with Gasteiger partial charge in [0.25, 0.3) is 0 Å². The maximum absolute atomic E-state index is 13.2. The van der Waals surface area contributed by atoms with E-state index in [1.54, 1.807) is 6.07 Å². The zero-order chi connectivity index (χ0) is 10.8. The van der Waals surface area contributed by atoms with Crippen molar-refractivity contribution in [2.24, 2.45) is 0 Å². The first kappa shape index (κ1) is 10.9. The van der Waals surface area contributed by atoms with E-state index in [2.05, 4.69) is 26.1 Å². The Morgan fingerprint density at radius 3 is 2.67 bits per heavy atom. The zero-order valence-electron chi connectivity index (χ0n) is 8.69. The van der Waals surface area contributed by atoms with Crippen molar-refractivity contribution >= 4 is 21.6 Å². The molecule has 0 spiro atoms. The molecule has 1 saturated heterocycles. The lowest BCUT2D eigenvalue weighted by atomic mass is 10.1. The molecule has 1 aliphatic rings. The van der Waals surface area contributed by atoms with Crippen LogP contribution in [0.3, 0.4) is 0 Å². The highest BCUT2D eigenvalue weighted by molar-refractivity contribution is 9.10. The Kier molecular flexibility index (Phi) is 3.26. The van der Waals surface area contributed by atoms with Gasteiger partial charge in [0.2, 0.25) is 0 Å². The highest BCUT2D eigenvalue weighted by Gasteiger charge is 2.14. The third kappa shape index (κ3) is 2.32. The van der Waals surface area contributed by atoms with Crippen molar-refractivity contribution in [2.45, 2.75) is 6.92 Å². The van der Waals surface area contributed by atoms with E-state index in [1.807, 2.05) is 13.0 Å². The van der Waals surface area contributed by atoms with Gasteiger partial charge in [-0.25, -0.2) is 4.39 Å². The summed E-state index contributed by atoms with van der Waals surface area (Å²) in [5, 5.41) is 3.30. The van der Waals surface area contributed by atoms with Crippen molar-refractivity contribution in [1.82, 2.24) is 5.32 Å². The lowest BCUT2D eigenvalue weighted by molar-refractivity contribution is 0.585. The van der Waals surface area contributed by atoms with Crippen LogP contribution in [0.2, 0.25) is 0 Å². The average Bonchev–Trinajstić information content (AvgIpc) is 2.25. The third-order valence-electron chi connectivity index (χ3n) is 2.70. The quantitative estimate of drug-likeness (QED) is 0.844. The molecule has 0 radical (unpaired) electrons. The minimum absolute atomic E-state index is 0.189. The van der Waals surface area contributed by atoms with Crippen LogP contribution in [-0.2, 0) is 0 Å². The van der Waals surface area contributed by atoms with Gasteiger partial charge in [0, 0.05) is 31.9 Å². The number of benzene rings is 1. The zero-order valence-corrected chi connectivity index (χ0v) is 10.3. The van der Waals surface area contributed by atoms with E-state index in [0.29, 0.717) is 4.47 Å². The van der Waals surface area contributed by atoms with E-state index in [0.717, 1.165) is 37.4 Å². The molecule has 0 atom stereocenters. The Balaban J connectivity index is 2.30. The summed E-state index contributed by atoms with van der Waals surface area (Å²) in [6, 6.07) is 3.46. The summed E-state index contributed by atoms with van der Waals surface area (Å²) in [4.78, 5) is 2.29. The molecule has 1 aliphatic heterocycles. The summed E-state index contributed by atoms with van der Waals surface area (Å²) in [6.07, 6.45) is 0. The molecule has 0 unspecified atom stereocenters. The van der Waals surface area contributed by atoms with E-state index in [9.17, 15) is 4.39 Å². The van der Waals surface area contributed by atoms with Crippen LogP contribution in [0.15, 0.2) is 16.6 Å². The Morgan fingerprint density at radius 1 is 1.33 bits per heavy atom. The first-order chi connectivity index (χ1) is 7.18. The summed E-state index contributed by atoms with van der Waals surface area (Å²) in [5.74, 6) is -0.189. The van der Waals surface area contributed by atoms with Crippen molar-refractivity contribution in [3.8, 4) is 0 Å². The molecule has 15 heavy (non-hydrogen) atoms. The largest absolute Gasteiger partial charge is 0.369 e. The first-order valence-electron chi connectivity index (χ1n) is 5.10. The normalized spacial score (nSPS) is 16.9. The van der Waals surface area contributed by atoms with Gasteiger partial charge in [0.1, 0.15) is 5.82 Å². The Bertz CT molecular complexity index is 362. The van der Waals surface area contributed by atoms with Gasteiger partial charge in [-0.05, 0) is 40.5 Å². The van der Waals surface area contributed by atoms with Crippen molar-refractivity contribution in [3.05, 3.63) is 28.0 Å². The Morgan fingerprint density at radius 2 is 2.00 bits per heavy atom. The molecular formula is C11H14BrFN2. The molecule has 0 bridgehead atoms. The summed E-state index contributed by atoms with van der Waals surface area (Å²) < 4.78 is 13.8. The summed E-state index contributed by atoms with van der Waals surface area (Å²) in [6.45, 7) is 5.91. The smallest absolute Gasteiger partial charge is 0.137 e. The lowest BCUT2D eigenvalue weighted by Crippen LogP contribution is -2.43. The third-order valence-corrected chi connectivity index (χ3v) is 3.30. The molecule has 0 aromatic heterocycles. The van der Waals surface area contributed by atoms with Crippen LogP contribution < -0.4 is 10.2 Å². The second kappa shape index (κ2) is 4.49. The molecular weight excluding hydrogens is 259 g/mol. The number of piperazine rings is 1. The summed E-state index contributed by atoms with van der Waals surface area (Å²) >= 11 is 3.23. The maximum atomic E-state index is 13.2. The fraction of sp³-hybridized carbons (Fsp3) is 0.455. The monoisotopic (exact) mass is 272 g/mol. The Hall–Kier alpha value is -0.610. The van der Waals surface area contributed by atoms with Crippen LogP contribution in [0.25, 0.3) is 0 Å². The molecule has 82 valence electrons.